The minimum absolute atomic E-state index is 0.0967. The number of carboxylic acid groups (broad SMARTS) is 1. The number of hydrogen-bond donors (Lipinski definition) is 1. The molecule has 1 aromatic heterocycles. The van der Waals surface area contributed by atoms with Crippen LogP contribution in [0.3, 0.4) is 0 Å². The summed E-state index contributed by atoms with van der Waals surface area (Å²) < 4.78 is 6.07. The van der Waals surface area contributed by atoms with Crippen LogP contribution in [0.15, 0.2) is 24.3 Å². The van der Waals surface area contributed by atoms with Gasteiger partial charge in [0.05, 0.1) is 17.7 Å². The molecule has 0 unspecified atom stereocenters. The van der Waals surface area contributed by atoms with Gasteiger partial charge in [0.25, 0.3) is 0 Å². The molecule has 1 N–H and O–H groups in total. The van der Waals surface area contributed by atoms with Crippen molar-refractivity contribution < 1.29 is 19.6 Å². The van der Waals surface area contributed by atoms with Gasteiger partial charge in [-0.15, -0.1) is 5.10 Å². The molecule has 10 heteroatoms. The molecule has 108 valence electrons. The van der Waals surface area contributed by atoms with E-state index in [-0.39, 0.29) is 17.3 Å². The highest BCUT2D eigenvalue weighted by Gasteiger charge is 2.17. The fourth-order valence-corrected chi connectivity index (χ4v) is 1.58. The number of methoxy groups -OCH3 is 1. The summed E-state index contributed by atoms with van der Waals surface area (Å²) in [4.78, 5) is 20.9. The molecular formula is C11H9N5O5. The summed E-state index contributed by atoms with van der Waals surface area (Å²) in [6, 6.07) is 4.15. The first-order valence-corrected chi connectivity index (χ1v) is 5.55. The predicted octanol–water partition coefficient (Wildman–Crippen LogP) is 0.677. The number of aliphatic carboxylic acids is 1. The Bertz CT molecular complexity index is 724. The van der Waals surface area contributed by atoms with E-state index in [1.54, 1.807) is 0 Å². The maximum absolute atomic E-state index is 11.0. The standard InChI is InChI=1S/C11H9N5O5/c1-21-9-3-2-7(6-8(9)16(19)20)15-10(12-13-14-15)4-5-11(17)18/h2-6H,1H3,(H,17,18)/b5-4+. The maximum atomic E-state index is 11.0. The Morgan fingerprint density at radius 2 is 2.29 bits per heavy atom. The fourth-order valence-electron chi connectivity index (χ4n) is 1.58. The molecule has 0 saturated carbocycles. The molecule has 0 fully saturated rings. The topological polar surface area (TPSA) is 133 Å². The number of nitro benzene ring substituents is 1. The van der Waals surface area contributed by atoms with Gasteiger partial charge in [-0.25, -0.2) is 4.79 Å². The smallest absolute Gasteiger partial charge is 0.328 e. The summed E-state index contributed by atoms with van der Waals surface area (Å²) in [6.07, 6.45) is 2.04. The minimum Gasteiger partial charge on any atom is -0.490 e. The Labute approximate surface area is 117 Å². The van der Waals surface area contributed by atoms with Gasteiger partial charge in [0, 0.05) is 12.1 Å². The van der Waals surface area contributed by atoms with Gasteiger partial charge < -0.3 is 9.84 Å². The van der Waals surface area contributed by atoms with Crippen LogP contribution in [-0.2, 0) is 4.79 Å². The van der Waals surface area contributed by atoms with Crippen molar-refractivity contribution in [3.05, 3.63) is 40.2 Å². The van der Waals surface area contributed by atoms with Crippen LogP contribution in [0.5, 0.6) is 5.75 Å². The van der Waals surface area contributed by atoms with Crippen molar-refractivity contribution in [1.82, 2.24) is 20.2 Å². The highest BCUT2D eigenvalue weighted by molar-refractivity contribution is 5.84. The van der Waals surface area contributed by atoms with Crippen molar-refractivity contribution in [2.75, 3.05) is 7.11 Å². The summed E-state index contributed by atoms with van der Waals surface area (Å²) in [5.41, 5.74) is 0.0520. The average Bonchev–Trinajstić information content (AvgIpc) is 2.92. The van der Waals surface area contributed by atoms with Gasteiger partial charge >= 0.3 is 11.7 Å². The first-order valence-electron chi connectivity index (χ1n) is 5.55. The van der Waals surface area contributed by atoms with Crippen LogP contribution >= 0.6 is 0 Å². The quantitative estimate of drug-likeness (QED) is 0.482. The maximum Gasteiger partial charge on any atom is 0.328 e. The zero-order valence-electron chi connectivity index (χ0n) is 10.7. The van der Waals surface area contributed by atoms with Gasteiger partial charge in [-0.05, 0) is 28.6 Å². The van der Waals surface area contributed by atoms with Crippen LogP contribution in [0.4, 0.5) is 5.69 Å². The third-order valence-corrected chi connectivity index (χ3v) is 2.47. The molecule has 1 heterocycles. The Hall–Kier alpha value is -3.30. The monoisotopic (exact) mass is 291 g/mol. The molecule has 2 rings (SSSR count). The molecular weight excluding hydrogens is 282 g/mol. The summed E-state index contributed by atoms with van der Waals surface area (Å²) in [5, 5.41) is 30.3. The Kier molecular flexibility index (Phi) is 3.88. The highest BCUT2D eigenvalue weighted by atomic mass is 16.6. The third kappa shape index (κ3) is 3.00. The lowest BCUT2D eigenvalue weighted by atomic mass is 10.2. The number of hydrogen-bond acceptors (Lipinski definition) is 7. The molecule has 0 aliphatic heterocycles. The van der Waals surface area contributed by atoms with Crippen molar-refractivity contribution in [3.63, 3.8) is 0 Å². The van der Waals surface area contributed by atoms with Gasteiger partial charge in [0.15, 0.2) is 11.6 Å². The summed E-state index contributed by atoms with van der Waals surface area (Å²) in [7, 11) is 1.32. The zero-order chi connectivity index (χ0) is 15.4. The molecule has 0 bridgehead atoms. The molecule has 0 spiro atoms. The Morgan fingerprint density at radius 3 is 2.90 bits per heavy atom. The number of benzene rings is 1. The molecule has 21 heavy (non-hydrogen) atoms. The van der Waals surface area contributed by atoms with Gasteiger partial charge in [0.2, 0.25) is 0 Å². The summed E-state index contributed by atoms with van der Waals surface area (Å²) in [6.45, 7) is 0. The number of nitro groups is 1. The Morgan fingerprint density at radius 1 is 1.52 bits per heavy atom. The molecule has 0 atom stereocenters. The van der Waals surface area contributed by atoms with E-state index >= 15 is 0 Å². The van der Waals surface area contributed by atoms with Crippen LogP contribution in [0.2, 0.25) is 0 Å². The minimum atomic E-state index is -1.16. The van der Waals surface area contributed by atoms with E-state index in [1.165, 1.54) is 36.1 Å². The number of tetrazole rings is 1. The normalized spacial score (nSPS) is 10.7. The van der Waals surface area contributed by atoms with Crippen molar-refractivity contribution in [3.8, 4) is 11.4 Å². The molecule has 2 aromatic rings. The molecule has 0 aliphatic carbocycles. The number of nitrogens with zero attached hydrogens (tertiary/aromatic N) is 5. The molecule has 0 saturated heterocycles. The lowest BCUT2D eigenvalue weighted by Crippen LogP contribution is -2.02. The molecule has 0 radical (unpaired) electrons. The fraction of sp³-hybridized carbons (Fsp3) is 0.0909. The van der Waals surface area contributed by atoms with Crippen LogP contribution < -0.4 is 4.74 Å². The second kappa shape index (κ2) is 5.77. The van der Waals surface area contributed by atoms with Gasteiger partial charge in [-0.3, -0.25) is 10.1 Å². The van der Waals surface area contributed by atoms with Crippen LogP contribution in [0, 0.1) is 10.1 Å². The summed E-state index contributed by atoms with van der Waals surface area (Å²) in [5.74, 6) is -0.943. The SMILES string of the molecule is COc1ccc(-n2nnnc2/C=C/C(=O)O)cc1[N+](=O)[O-]. The highest BCUT2D eigenvalue weighted by Crippen LogP contribution is 2.28. The van der Waals surface area contributed by atoms with E-state index in [0.29, 0.717) is 5.69 Å². The van der Waals surface area contributed by atoms with E-state index in [0.717, 1.165) is 6.08 Å². The molecule has 0 amide bonds. The van der Waals surface area contributed by atoms with Gasteiger partial charge in [-0.1, -0.05) is 0 Å². The van der Waals surface area contributed by atoms with Crippen molar-refractivity contribution in [2.24, 2.45) is 0 Å². The number of aromatic nitrogens is 4. The predicted molar refractivity (Wildman–Crippen MR) is 69.0 cm³/mol. The number of carboxylic acids is 1. The van der Waals surface area contributed by atoms with Gasteiger partial charge in [0.1, 0.15) is 0 Å². The van der Waals surface area contributed by atoms with Gasteiger partial charge in [-0.2, -0.15) is 4.68 Å². The lowest BCUT2D eigenvalue weighted by Gasteiger charge is -2.05. The first-order chi connectivity index (χ1) is 10.0. The first kappa shape index (κ1) is 14.1. The lowest BCUT2D eigenvalue weighted by molar-refractivity contribution is -0.385. The van der Waals surface area contributed by atoms with E-state index < -0.39 is 10.9 Å². The number of carbonyl (C=O) groups is 1. The van der Waals surface area contributed by atoms with Crippen molar-refractivity contribution >= 4 is 17.7 Å². The van der Waals surface area contributed by atoms with Crippen LogP contribution in [0.25, 0.3) is 11.8 Å². The molecule has 1 aromatic carbocycles. The molecule has 0 aliphatic rings. The van der Waals surface area contributed by atoms with Crippen LogP contribution in [0.1, 0.15) is 5.82 Å². The van der Waals surface area contributed by atoms with Crippen LogP contribution in [-0.4, -0.2) is 43.3 Å². The third-order valence-electron chi connectivity index (χ3n) is 2.47. The van der Waals surface area contributed by atoms with E-state index in [2.05, 4.69) is 15.5 Å². The second-order valence-corrected chi connectivity index (χ2v) is 3.73. The Balaban J connectivity index is 2.48. The largest absolute Gasteiger partial charge is 0.490 e. The van der Waals surface area contributed by atoms with Crippen molar-refractivity contribution in [2.45, 2.75) is 0 Å². The number of rotatable bonds is 5. The average molecular weight is 291 g/mol. The summed E-state index contributed by atoms with van der Waals surface area (Å²) >= 11 is 0. The second-order valence-electron chi connectivity index (χ2n) is 3.73. The van der Waals surface area contributed by atoms with E-state index in [1.807, 2.05) is 0 Å². The molecule has 10 nitrogen and oxygen atoms in total. The van der Waals surface area contributed by atoms with Crippen molar-refractivity contribution in [1.29, 1.82) is 0 Å². The zero-order valence-corrected chi connectivity index (χ0v) is 10.7. The number of ether oxygens (including phenoxy) is 1. The van der Waals surface area contributed by atoms with E-state index in [9.17, 15) is 14.9 Å². The van der Waals surface area contributed by atoms with E-state index in [4.69, 9.17) is 9.84 Å².